The molecule has 1 saturated carbocycles. The summed E-state index contributed by atoms with van der Waals surface area (Å²) in [6.45, 7) is 43.3. The van der Waals surface area contributed by atoms with E-state index in [1.54, 1.807) is 11.1 Å². The molecule has 4 aliphatic heterocycles. The Morgan fingerprint density at radius 2 is 0.833 bits per heavy atom. The fraction of sp³-hybridized carbons (Fsp3) is 0.392. The monoisotopic (exact) mass is 1120 g/mol. The fourth-order valence-electron chi connectivity index (χ4n) is 15.7. The topological polar surface area (TPSA) is 9.72 Å². The molecule has 0 N–H and O–H groups in total. The average molecular weight is 1120 g/mol. The number of anilines is 9. The Morgan fingerprint density at radius 3 is 1.38 bits per heavy atom. The second-order valence-corrected chi connectivity index (χ2v) is 33.2. The van der Waals surface area contributed by atoms with Crippen LogP contribution in [0.1, 0.15) is 200 Å². The molecular weight excluding hydrogens is 1030 g/mol. The molecule has 8 aromatic rings. The van der Waals surface area contributed by atoms with E-state index in [0.717, 1.165) is 5.75 Å². The lowest BCUT2D eigenvalue weighted by atomic mass is 9.32. The summed E-state index contributed by atoms with van der Waals surface area (Å²) in [6.07, 6.45) is 4.92. The molecule has 1 fully saturated rings. The molecular formula is C79H88BN3S. The molecule has 5 heteroatoms. The smallest absolute Gasteiger partial charge is 0.252 e. The van der Waals surface area contributed by atoms with Crippen LogP contribution in [0.2, 0.25) is 0 Å². The molecule has 0 saturated heterocycles. The number of rotatable bonds is 4. The predicted molar refractivity (Wildman–Crippen MR) is 364 cm³/mol. The Labute approximate surface area is 508 Å². The molecule has 8 aromatic carbocycles. The zero-order valence-electron chi connectivity index (χ0n) is 53.7. The minimum Gasteiger partial charge on any atom is -0.311 e. The van der Waals surface area contributed by atoms with E-state index >= 15 is 0 Å². The van der Waals surface area contributed by atoms with Gasteiger partial charge in [0.05, 0.1) is 22.7 Å². The van der Waals surface area contributed by atoms with Crippen molar-refractivity contribution in [1.82, 2.24) is 0 Å². The average Bonchev–Trinajstić information content (AvgIpc) is 0.829. The van der Waals surface area contributed by atoms with Crippen LogP contribution in [0.4, 0.5) is 51.2 Å². The highest BCUT2D eigenvalue weighted by molar-refractivity contribution is 7.99. The Balaban J connectivity index is 1.16. The number of hydrogen-bond donors (Lipinski definition) is 0. The van der Waals surface area contributed by atoms with Crippen molar-refractivity contribution in [2.45, 2.75) is 199 Å². The summed E-state index contributed by atoms with van der Waals surface area (Å²) in [5.74, 6) is 1.07. The van der Waals surface area contributed by atoms with E-state index in [4.69, 9.17) is 0 Å². The lowest BCUT2D eigenvalue weighted by Crippen LogP contribution is -2.62. The van der Waals surface area contributed by atoms with Crippen molar-refractivity contribution < 1.29 is 0 Å². The van der Waals surface area contributed by atoms with Crippen molar-refractivity contribution in [3.63, 3.8) is 0 Å². The van der Waals surface area contributed by atoms with Crippen molar-refractivity contribution in [1.29, 1.82) is 0 Å². The molecule has 84 heavy (non-hydrogen) atoms. The standard InChI is InChI=1S/C79H88BN3S/c1-72(2,3)49-24-29-53(30-25-49)81-66-45-60-70(84-47-76(60,13)14)46-62(66)80-61-43-56-57(79(18)36-34-78(56,17)35-37-79)44-67(61)83(63-31-26-50(73(4,5)6)38-55(63)48-22-20-19-21-23-48)69-42-54(41-68(81)71(69)80)82-64-32-27-51(74(7,8)9)39-58(64)77(15,16)59-40-52(75(10,11)12)28-33-65(59)82/h19-33,38-46H,34-37,47H2,1-18H3. The molecule has 0 aromatic heterocycles. The number of thioether (sulfide) groups is 1. The van der Waals surface area contributed by atoms with Crippen molar-refractivity contribution in [2.24, 2.45) is 0 Å². The number of benzene rings is 8. The van der Waals surface area contributed by atoms with E-state index in [2.05, 4.69) is 297 Å². The van der Waals surface area contributed by atoms with Gasteiger partial charge in [0.15, 0.2) is 0 Å². The summed E-state index contributed by atoms with van der Waals surface area (Å²) in [5, 5.41) is 0. The van der Waals surface area contributed by atoms with Gasteiger partial charge in [0.1, 0.15) is 0 Å². The molecule has 2 bridgehead atoms. The van der Waals surface area contributed by atoms with Gasteiger partial charge in [-0.1, -0.05) is 210 Å². The maximum absolute atomic E-state index is 2.77. The van der Waals surface area contributed by atoms with Crippen LogP contribution in [0.15, 0.2) is 150 Å². The molecule has 0 atom stereocenters. The summed E-state index contributed by atoms with van der Waals surface area (Å²) >= 11 is 2.06. The van der Waals surface area contributed by atoms with Gasteiger partial charge >= 0.3 is 0 Å². The zero-order valence-corrected chi connectivity index (χ0v) is 54.5. The van der Waals surface area contributed by atoms with Gasteiger partial charge in [0, 0.05) is 55.5 Å². The predicted octanol–water partition coefficient (Wildman–Crippen LogP) is 20.2. The van der Waals surface area contributed by atoms with Crippen LogP contribution in [-0.4, -0.2) is 12.5 Å². The first-order chi connectivity index (χ1) is 39.4. The first kappa shape index (κ1) is 55.4. The maximum atomic E-state index is 2.77. The molecule has 0 spiro atoms. The summed E-state index contributed by atoms with van der Waals surface area (Å²) < 4.78 is 0. The third kappa shape index (κ3) is 8.33. The fourth-order valence-corrected chi connectivity index (χ4v) is 17.1. The van der Waals surface area contributed by atoms with Gasteiger partial charge in [-0.25, -0.2) is 0 Å². The SMILES string of the molecule is CC(C)(C)c1ccc(N2c3cc4c(cc3B3c5cc6c(cc5N(c5ccc(C(C)(C)C)cc5-c5ccccc5)c5cc(N7c8ccc(C(C)(C)C)cc8C(C)(C)c8cc(C(C)(C)C)ccc87)cc2c53)C2(C)CCC6(C)CC2)SCC4(C)C)cc1. The number of hydrogen-bond acceptors (Lipinski definition) is 4. The quantitative estimate of drug-likeness (QED) is 0.162. The second-order valence-electron chi connectivity index (χ2n) is 32.2. The lowest BCUT2D eigenvalue weighted by molar-refractivity contribution is 0.188. The number of fused-ring (bicyclic) bond motifs is 9. The van der Waals surface area contributed by atoms with Crippen LogP contribution in [0.3, 0.4) is 0 Å². The minimum atomic E-state index is -0.280. The summed E-state index contributed by atoms with van der Waals surface area (Å²) in [7, 11) is 0. The molecule has 3 nitrogen and oxygen atoms in total. The molecule has 428 valence electrons. The maximum Gasteiger partial charge on any atom is 0.252 e. The van der Waals surface area contributed by atoms with Crippen LogP contribution in [0.25, 0.3) is 11.1 Å². The zero-order chi connectivity index (χ0) is 59.4. The van der Waals surface area contributed by atoms with E-state index in [9.17, 15) is 0 Å². The van der Waals surface area contributed by atoms with Crippen LogP contribution in [0, 0.1) is 0 Å². The van der Waals surface area contributed by atoms with E-state index < -0.39 is 0 Å². The molecule has 0 radical (unpaired) electrons. The Hall–Kier alpha value is -6.43. The molecule has 15 rings (SSSR count). The van der Waals surface area contributed by atoms with Crippen LogP contribution >= 0.6 is 11.8 Å². The Morgan fingerprint density at radius 1 is 0.381 bits per heavy atom. The third-order valence-corrected chi connectivity index (χ3v) is 22.9. The van der Waals surface area contributed by atoms with Gasteiger partial charge in [-0.3, -0.25) is 0 Å². The first-order valence-corrected chi connectivity index (χ1v) is 32.5. The summed E-state index contributed by atoms with van der Waals surface area (Å²) in [6, 6.07) is 59.3. The number of nitrogens with zero attached hydrogens (tertiary/aromatic N) is 3. The normalized spacial score (nSPS) is 20.6. The van der Waals surface area contributed by atoms with E-state index in [-0.39, 0.29) is 50.0 Å². The highest BCUT2D eigenvalue weighted by Crippen LogP contribution is 2.60. The highest BCUT2D eigenvalue weighted by atomic mass is 32.2. The largest absolute Gasteiger partial charge is 0.311 e. The van der Waals surface area contributed by atoms with Gasteiger partial charge in [0.2, 0.25) is 0 Å². The van der Waals surface area contributed by atoms with Gasteiger partial charge in [-0.2, -0.15) is 0 Å². The van der Waals surface area contributed by atoms with Crippen molar-refractivity contribution in [3.8, 4) is 11.1 Å². The van der Waals surface area contributed by atoms with E-state index in [1.165, 1.54) is 148 Å². The minimum absolute atomic E-state index is 0.00260. The molecule has 0 unspecified atom stereocenters. The molecule has 3 aliphatic carbocycles. The van der Waals surface area contributed by atoms with Gasteiger partial charge in [-0.05, 0) is 191 Å². The van der Waals surface area contributed by atoms with Gasteiger partial charge in [-0.15, -0.1) is 11.8 Å². The van der Waals surface area contributed by atoms with E-state index in [0.29, 0.717) is 0 Å². The summed E-state index contributed by atoms with van der Waals surface area (Å²) in [4.78, 5) is 9.58. The van der Waals surface area contributed by atoms with Gasteiger partial charge < -0.3 is 14.7 Å². The highest BCUT2D eigenvalue weighted by Gasteiger charge is 2.52. The Kier molecular flexibility index (Phi) is 11.9. The lowest BCUT2D eigenvalue weighted by Gasteiger charge is -2.53. The van der Waals surface area contributed by atoms with Crippen molar-refractivity contribution >= 4 is 86.0 Å². The first-order valence-electron chi connectivity index (χ1n) is 31.5. The van der Waals surface area contributed by atoms with Crippen LogP contribution < -0.4 is 31.1 Å². The third-order valence-electron chi connectivity index (χ3n) is 21.4. The summed E-state index contributed by atoms with van der Waals surface area (Å²) in [5.41, 5.74) is 30.5. The molecule has 4 heterocycles. The van der Waals surface area contributed by atoms with Crippen molar-refractivity contribution in [2.75, 3.05) is 20.5 Å². The Bertz CT molecular complexity index is 3980. The molecule has 0 amide bonds. The van der Waals surface area contributed by atoms with Crippen molar-refractivity contribution in [3.05, 3.63) is 196 Å². The van der Waals surface area contributed by atoms with Crippen LogP contribution in [-0.2, 0) is 43.3 Å². The van der Waals surface area contributed by atoms with Crippen LogP contribution in [0.5, 0.6) is 0 Å². The van der Waals surface area contributed by atoms with Gasteiger partial charge in [0.25, 0.3) is 6.71 Å². The van der Waals surface area contributed by atoms with E-state index in [1.807, 2.05) is 0 Å². The molecule has 7 aliphatic rings. The second kappa shape index (κ2) is 18.1.